The Morgan fingerprint density at radius 1 is 1.00 bits per heavy atom. The van der Waals surface area contributed by atoms with E-state index in [1.807, 2.05) is 0 Å². The van der Waals surface area contributed by atoms with Gasteiger partial charge in [-0.1, -0.05) is 47.5 Å². The van der Waals surface area contributed by atoms with Gasteiger partial charge in [-0.05, 0) is 63.1 Å². The van der Waals surface area contributed by atoms with Crippen LogP contribution in [0.4, 0.5) is 4.79 Å². The maximum absolute atomic E-state index is 12.5. The number of hydrogen-bond acceptors (Lipinski definition) is 3. The van der Waals surface area contributed by atoms with Gasteiger partial charge in [0.2, 0.25) is 0 Å². The molecule has 0 aromatic heterocycles. The van der Waals surface area contributed by atoms with Crippen molar-refractivity contribution in [2.45, 2.75) is 44.8 Å². The monoisotopic (exact) mass is 423 g/mol. The molecule has 0 fully saturated rings. The molecule has 0 aliphatic carbocycles. The Hall–Kier alpha value is -2.24. The molecule has 7 heteroatoms. The molecule has 0 saturated carbocycles. The van der Waals surface area contributed by atoms with Crippen LogP contribution in [0, 0.1) is 0 Å². The lowest BCUT2D eigenvalue weighted by Gasteiger charge is -2.36. The van der Waals surface area contributed by atoms with Gasteiger partial charge in [0.1, 0.15) is 11.0 Å². The number of carboxylic acids is 1. The van der Waals surface area contributed by atoms with Crippen molar-refractivity contribution in [3.05, 3.63) is 69.7 Å². The zero-order valence-electron chi connectivity index (χ0n) is 16.1. The average molecular weight is 424 g/mol. The first-order valence-electron chi connectivity index (χ1n) is 8.68. The van der Waals surface area contributed by atoms with E-state index in [1.54, 1.807) is 69.3 Å². The summed E-state index contributed by atoms with van der Waals surface area (Å²) in [5, 5.41) is 13.8. The lowest BCUT2D eigenvalue weighted by atomic mass is 9.73. The summed E-state index contributed by atoms with van der Waals surface area (Å²) < 4.78 is 5.35. The van der Waals surface area contributed by atoms with Gasteiger partial charge >= 0.3 is 12.1 Å². The van der Waals surface area contributed by atoms with Gasteiger partial charge in [-0.15, -0.1) is 0 Å². The summed E-state index contributed by atoms with van der Waals surface area (Å²) in [4.78, 5) is 24.9. The molecular formula is C21H23Cl2NO4. The van der Waals surface area contributed by atoms with E-state index in [0.717, 1.165) is 0 Å². The van der Waals surface area contributed by atoms with Crippen LogP contribution in [0.2, 0.25) is 10.0 Å². The molecule has 2 rings (SSSR count). The highest BCUT2D eigenvalue weighted by molar-refractivity contribution is 6.30. The van der Waals surface area contributed by atoms with E-state index in [-0.39, 0.29) is 0 Å². The smallest absolute Gasteiger partial charge is 0.408 e. The molecule has 0 unspecified atom stereocenters. The standard InChI is InChI=1S/C21H23Cl2NO4/c1-20(2,3)28-19(27)24-17(13-8-10-15(22)11-9-13)21(4,18(25)26)14-6-5-7-16(23)12-14/h5-12,17H,1-4H3,(H,24,27)(H,25,26)/t17-,21-/m0/s1. The first kappa shape index (κ1) is 22.1. The number of carboxylic acid groups (broad SMARTS) is 1. The predicted molar refractivity (Wildman–Crippen MR) is 110 cm³/mol. The summed E-state index contributed by atoms with van der Waals surface area (Å²) >= 11 is 12.1. The third kappa shape index (κ3) is 5.18. The van der Waals surface area contributed by atoms with Gasteiger partial charge in [-0.25, -0.2) is 4.79 Å². The van der Waals surface area contributed by atoms with E-state index in [2.05, 4.69) is 5.32 Å². The topological polar surface area (TPSA) is 75.6 Å². The molecule has 1 amide bonds. The fourth-order valence-corrected chi connectivity index (χ4v) is 3.18. The van der Waals surface area contributed by atoms with Gasteiger partial charge in [-0.2, -0.15) is 0 Å². The molecule has 2 aromatic carbocycles. The van der Waals surface area contributed by atoms with Gasteiger partial charge in [0, 0.05) is 10.0 Å². The lowest BCUT2D eigenvalue weighted by molar-refractivity contribution is -0.144. The minimum absolute atomic E-state index is 0.400. The minimum Gasteiger partial charge on any atom is -0.481 e. The van der Waals surface area contributed by atoms with Crippen molar-refractivity contribution < 1.29 is 19.4 Å². The van der Waals surface area contributed by atoms with Crippen LogP contribution in [-0.2, 0) is 14.9 Å². The Kier molecular flexibility index (Phi) is 6.63. The number of hydrogen-bond donors (Lipinski definition) is 2. The van der Waals surface area contributed by atoms with Crippen molar-refractivity contribution in [1.82, 2.24) is 5.32 Å². The third-order valence-corrected chi connectivity index (χ3v) is 4.80. The number of carbonyl (C=O) groups excluding carboxylic acids is 1. The normalized spacial score (nSPS) is 14.6. The second kappa shape index (κ2) is 8.41. The molecule has 0 spiro atoms. The van der Waals surface area contributed by atoms with Crippen LogP contribution in [0.25, 0.3) is 0 Å². The van der Waals surface area contributed by atoms with E-state index in [1.165, 1.54) is 6.92 Å². The molecule has 5 nitrogen and oxygen atoms in total. The number of nitrogens with one attached hydrogen (secondary N) is 1. The molecule has 2 N–H and O–H groups in total. The number of amides is 1. The molecule has 0 saturated heterocycles. The maximum Gasteiger partial charge on any atom is 0.408 e. The van der Waals surface area contributed by atoms with Crippen molar-refractivity contribution in [2.24, 2.45) is 0 Å². The summed E-state index contributed by atoms with van der Waals surface area (Å²) in [7, 11) is 0. The largest absolute Gasteiger partial charge is 0.481 e. The summed E-state index contributed by atoms with van der Waals surface area (Å²) in [5.41, 5.74) is -1.23. The van der Waals surface area contributed by atoms with Gasteiger partial charge < -0.3 is 15.2 Å². The third-order valence-electron chi connectivity index (χ3n) is 4.31. The van der Waals surface area contributed by atoms with Crippen LogP contribution in [0.3, 0.4) is 0 Å². The van der Waals surface area contributed by atoms with E-state index >= 15 is 0 Å². The molecule has 150 valence electrons. The van der Waals surface area contributed by atoms with Crippen molar-refractivity contribution in [3.63, 3.8) is 0 Å². The highest BCUT2D eigenvalue weighted by Crippen LogP contribution is 2.39. The second-order valence-electron chi connectivity index (χ2n) is 7.65. The van der Waals surface area contributed by atoms with Crippen LogP contribution in [0.1, 0.15) is 44.9 Å². The van der Waals surface area contributed by atoms with Crippen molar-refractivity contribution in [1.29, 1.82) is 0 Å². The van der Waals surface area contributed by atoms with E-state index in [9.17, 15) is 14.7 Å². The fraction of sp³-hybridized carbons (Fsp3) is 0.333. The lowest BCUT2D eigenvalue weighted by Crippen LogP contribution is -2.48. The number of aliphatic carboxylic acids is 1. The summed E-state index contributed by atoms with van der Waals surface area (Å²) in [6.07, 6.45) is -0.720. The molecule has 2 aromatic rings. The van der Waals surface area contributed by atoms with Gasteiger partial charge in [-0.3, -0.25) is 4.79 Å². The van der Waals surface area contributed by atoms with Gasteiger partial charge in [0.15, 0.2) is 0 Å². The van der Waals surface area contributed by atoms with Crippen LogP contribution in [0.5, 0.6) is 0 Å². The molecule has 0 bridgehead atoms. The molecule has 2 atom stereocenters. The van der Waals surface area contributed by atoms with Crippen LogP contribution in [-0.4, -0.2) is 22.8 Å². The summed E-state index contributed by atoms with van der Waals surface area (Å²) in [6, 6.07) is 12.3. The van der Waals surface area contributed by atoms with Crippen molar-refractivity contribution in [2.75, 3.05) is 0 Å². The Bertz CT molecular complexity index is 861. The Morgan fingerprint density at radius 2 is 1.61 bits per heavy atom. The Morgan fingerprint density at radius 3 is 2.11 bits per heavy atom. The molecule has 0 heterocycles. The first-order valence-corrected chi connectivity index (χ1v) is 9.43. The van der Waals surface area contributed by atoms with Crippen molar-refractivity contribution >= 4 is 35.3 Å². The fourth-order valence-electron chi connectivity index (χ4n) is 2.87. The number of alkyl carbamates (subject to hydrolysis) is 1. The molecule has 0 radical (unpaired) electrons. The van der Waals surface area contributed by atoms with E-state index < -0.39 is 29.1 Å². The minimum atomic E-state index is -1.52. The van der Waals surface area contributed by atoms with Gasteiger partial charge in [0.05, 0.1) is 6.04 Å². The average Bonchev–Trinajstić information content (AvgIpc) is 2.58. The Labute approximate surface area is 174 Å². The van der Waals surface area contributed by atoms with E-state index in [4.69, 9.17) is 27.9 Å². The highest BCUT2D eigenvalue weighted by Gasteiger charge is 2.45. The van der Waals surface area contributed by atoms with Crippen LogP contribution < -0.4 is 5.32 Å². The van der Waals surface area contributed by atoms with E-state index in [0.29, 0.717) is 21.2 Å². The number of halogens is 2. The second-order valence-corrected chi connectivity index (χ2v) is 8.52. The molecule has 28 heavy (non-hydrogen) atoms. The van der Waals surface area contributed by atoms with Crippen molar-refractivity contribution in [3.8, 4) is 0 Å². The zero-order valence-corrected chi connectivity index (χ0v) is 17.6. The van der Waals surface area contributed by atoms with Gasteiger partial charge in [0.25, 0.3) is 0 Å². The molecular weight excluding hydrogens is 401 g/mol. The predicted octanol–water partition coefficient (Wildman–Crippen LogP) is 5.60. The first-order chi connectivity index (χ1) is 12.9. The number of rotatable bonds is 5. The number of benzene rings is 2. The SMILES string of the molecule is CC(C)(C)OC(=O)N[C@@H](c1ccc(Cl)cc1)[C@@](C)(C(=O)O)c1cccc(Cl)c1. The van der Waals surface area contributed by atoms with Crippen LogP contribution in [0.15, 0.2) is 48.5 Å². The zero-order chi connectivity index (χ0) is 21.1. The molecule has 0 aliphatic heterocycles. The summed E-state index contributed by atoms with van der Waals surface area (Å²) in [5.74, 6) is -1.12. The highest BCUT2D eigenvalue weighted by atomic mass is 35.5. The maximum atomic E-state index is 12.5. The number of ether oxygens (including phenoxy) is 1. The summed E-state index contributed by atoms with van der Waals surface area (Å²) in [6.45, 7) is 6.74. The number of carbonyl (C=O) groups is 2. The van der Waals surface area contributed by atoms with Crippen LogP contribution >= 0.6 is 23.2 Å². The molecule has 0 aliphatic rings. The Balaban J connectivity index is 2.58. The quantitative estimate of drug-likeness (QED) is 0.655.